The summed E-state index contributed by atoms with van der Waals surface area (Å²) >= 11 is 3.52. The summed E-state index contributed by atoms with van der Waals surface area (Å²) in [6.45, 7) is 23.8. The molecule has 16 aromatic carbocycles. The fourth-order valence-corrected chi connectivity index (χ4v) is 17.0. The van der Waals surface area contributed by atoms with E-state index in [0.717, 1.165) is 132 Å². The molecule has 1 aliphatic heterocycles. The van der Waals surface area contributed by atoms with Crippen LogP contribution < -0.4 is 5.46 Å². The van der Waals surface area contributed by atoms with Crippen molar-refractivity contribution in [3.8, 4) is 68.3 Å². The molecule has 0 aliphatic carbocycles. The number of para-hydroxylation sites is 8. The average molecular weight is 1530 g/mol. The van der Waals surface area contributed by atoms with Gasteiger partial charge in [0, 0.05) is 47.6 Å². The summed E-state index contributed by atoms with van der Waals surface area (Å²) in [6.07, 6.45) is 0. The van der Waals surface area contributed by atoms with Crippen LogP contribution in [0.1, 0.15) is 38.8 Å². The van der Waals surface area contributed by atoms with Crippen LogP contribution in [0.4, 0.5) is 11.4 Å². The van der Waals surface area contributed by atoms with Crippen LogP contribution in [0.2, 0.25) is 0 Å². The van der Waals surface area contributed by atoms with E-state index in [2.05, 4.69) is 357 Å². The first-order valence-electron chi connectivity index (χ1n) is 37.9. The van der Waals surface area contributed by atoms with Crippen LogP contribution in [0.3, 0.4) is 0 Å². The molecule has 0 bridgehead atoms. The minimum Gasteiger partial charge on any atom is -0.399 e. The van der Waals surface area contributed by atoms with Gasteiger partial charge in [0.05, 0.1) is 102 Å². The molecule has 1 aliphatic rings. The number of fused-ring (bicyclic) bond motifs is 14. The molecule has 5 heterocycles. The number of hydrogen-bond donors (Lipinski definition) is 0. The molecule has 0 amide bonds. The van der Waals surface area contributed by atoms with Crippen molar-refractivity contribution in [2.75, 3.05) is 0 Å². The van der Waals surface area contributed by atoms with Crippen LogP contribution in [0, 0.1) is 35.8 Å². The van der Waals surface area contributed by atoms with Crippen molar-refractivity contribution in [3.05, 3.63) is 378 Å². The predicted molar refractivity (Wildman–Crippen MR) is 473 cm³/mol. The molecule has 1 saturated heterocycles. The van der Waals surface area contributed by atoms with Gasteiger partial charge in [0.1, 0.15) is 12.1 Å². The normalized spacial score (nSPS) is 13.0. The lowest BCUT2D eigenvalue weighted by molar-refractivity contribution is 0.00578. The molecule has 12 heteroatoms. The van der Waals surface area contributed by atoms with Gasteiger partial charge in [0.2, 0.25) is 11.4 Å². The first kappa shape index (κ1) is 70.1. The SMILES string of the molecule is CC1(C)OB(c2ccc3cc(-c4ccc(C#N)c(-n5c6ccccc6c6ccccc65)c4)ccc3c2)OC1(C)C.[C-]#[N+]c1ccc(-c2ccc3cc(-c4ccc(C#N)c(-n5c6ccccc6c6ccccc65)c4)ccc3c2)cc1-n1c2ccccc2c2ccccc21.[C-]#[N+]c1ccc(Br)cc1-n1c2ccccc2c2ccccc21. The summed E-state index contributed by atoms with van der Waals surface area (Å²) in [4.78, 5) is 7.63. The fourth-order valence-electron chi connectivity index (χ4n) is 16.6. The quantitative estimate of drug-likeness (QED) is 0.112. The standard InChI is InChI=1S/C48H28N4.C35H29BN2O2.C19H11BrN2/c1-50-42-25-24-36(29-48(42)52-45-16-8-4-12-40(45)41-13-5-9-17-46(41)52)34-21-19-31-26-33(20-18-32(31)27-34)35-22-23-37(30-49)47(28-35)51-43-14-6-2-10-38(43)39-11-3-7-15-44(39)51;1-34(2)35(3,4)40-36(39-34)28-18-17-24-19-23(13-14-25(24)20-28)26-15-16-27(22-37)33(21-26)38-31-11-7-5-9-29(31)30-10-6-8-12-32(30)38;1-21-16-11-10-13(20)12-19(16)22-17-8-4-2-6-14(17)15-7-3-5-9-18(15)22/h2-29H;5-21H,1-4H3;2-12H. The Morgan fingerprint density at radius 3 is 0.877 bits per heavy atom. The van der Waals surface area contributed by atoms with Crippen molar-refractivity contribution >= 4 is 149 Å². The van der Waals surface area contributed by atoms with Crippen molar-refractivity contribution in [2.24, 2.45) is 0 Å². The second-order valence-electron chi connectivity index (χ2n) is 29.9. The lowest BCUT2D eigenvalue weighted by Crippen LogP contribution is -2.41. The van der Waals surface area contributed by atoms with Crippen molar-refractivity contribution in [1.29, 1.82) is 10.5 Å². The third-order valence-corrected chi connectivity index (χ3v) is 23.4. The van der Waals surface area contributed by atoms with Crippen LogP contribution in [0.15, 0.2) is 344 Å². The van der Waals surface area contributed by atoms with Gasteiger partial charge in [-0.3, -0.25) is 0 Å². The van der Waals surface area contributed by atoms with Gasteiger partial charge >= 0.3 is 7.12 Å². The molecule has 20 aromatic rings. The minimum atomic E-state index is -0.388. The van der Waals surface area contributed by atoms with E-state index in [9.17, 15) is 10.5 Å². The highest BCUT2D eigenvalue weighted by Gasteiger charge is 2.51. The molecule has 4 aromatic heterocycles. The molecule has 10 nitrogen and oxygen atoms in total. The second-order valence-corrected chi connectivity index (χ2v) is 30.8. The number of hydrogen-bond acceptors (Lipinski definition) is 4. The lowest BCUT2D eigenvalue weighted by atomic mass is 9.78. The molecule has 0 atom stereocenters. The van der Waals surface area contributed by atoms with E-state index in [-0.39, 0.29) is 18.3 Å². The monoisotopic (exact) mass is 1530 g/mol. The molecule has 114 heavy (non-hydrogen) atoms. The Balaban J connectivity index is 0.000000124. The van der Waals surface area contributed by atoms with E-state index in [1.165, 1.54) is 43.1 Å². The molecule has 0 spiro atoms. The highest BCUT2D eigenvalue weighted by molar-refractivity contribution is 9.10. The van der Waals surface area contributed by atoms with E-state index < -0.39 is 0 Å². The molecule has 0 radical (unpaired) electrons. The topological polar surface area (TPSA) is 94.5 Å². The molecule has 0 N–H and O–H groups in total. The van der Waals surface area contributed by atoms with Crippen LogP contribution in [-0.2, 0) is 9.31 Å². The molecule has 538 valence electrons. The van der Waals surface area contributed by atoms with Gasteiger partial charge in [0.25, 0.3) is 0 Å². The predicted octanol–water partition coefficient (Wildman–Crippen LogP) is 26.7. The van der Waals surface area contributed by atoms with E-state index in [1.807, 2.05) is 66.7 Å². The van der Waals surface area contributed by atoms with Crippen molar-refractivity contribution in [2.45, 2.75) is 38.9 Å². The number of aromatic nitrogens is 4. The summed E-state index contributed by atoms with van der Waals surface area (Å²) in [5.74, 6) is 0. The first-order valence-corrected chi connectivity index (χ1v) is 38.7. The number of benzene rings is 16. The zero-order valence-electron chi connectivity index (χ0n) is 62.7. The Kier molecular flexibility index (Phi) is 17.3. The molecule has 1 fully saturated rings. The van der Waals surface area contributed by atoms with E-state index in [0.29, 0.717) is 22.5 Å². The molecular formula is C102H68BBrN8O2. The number of nitrogens with zero attached hydrogens (tertiary/aromatic N) is 8. The van der Waals surface area contributed by atoms with Crippen LogP contribution in [0.25, 0.3) is 175 Å². The molecular weight excluding hydrogens is 1460 g/mol. The minimum absolute atomic E-state index is 0.375. The maximum Gasteiger partial charge on any atom is 0.494 e. The highest BCUT2D eigenvalue weighted by Crippen LogP contribution is 2.44. The largest absolute Gasteiger partial charge is 0.494 e. The average Bonchev–Trinajstić information content (AvgIpc) is 1.62. The maximum absolute atomic E-state index is 10.2. The smallest absolute Gasteiger partial charge is 0.399 e. The van der Waals surface area contributed by atoms with Gasteiger partial charge in [-0.05, 0) is 191 Å². The van der Waals surface area contributed by atoms with E-state index in [1.54, 1.807) is 0 Å². The van der Waals surface area contributed by atoms with Gasteiger partial charge in [0.15, 0.2) is 0 Å². The summed E-state index contributed by atoms with van der Waals surface area (Å²) in [6, 6.07) is 122. The zero-order valence-corrected chi connectivity index (χ0v) is 64.3. The van der Waals surface area contributed by atoms with Crippen molar-refractivity contribution in [3.63, 3.8) is 0 Å². The Morgan fingerprint density at radius 2 is 0.553 bits per heavy atom. The zero-order chi connectivity index (χ0) is 77.5. The Labute approximate surface area is 667 Å². The Hall–Kier alpha value is -14.3. The third kappa shape index (κ3) is 11.9. The van der Waals surface area contributed by atoms with Gasteiger partial charge in [-0.25, -0.2) is 9.69 Å². The molecule has 21 rings (SSSR count). The van der Waals surface area contributed by atoms with Crippen LogP contribution >= 0.6 is 15.9 Å². The van der Waals surface area contributed by atoms with Gasteiger partial charge < -0.3 is 27.6 Å². The summed E-state index contributed by atoms with van der Waals surface area (Å²) < 4.78 is 22.3. The summed E-state index contributed by atoms with van der Waals surface area (Å²) in [5.41, 5.74) is 21.5. The van der Waals surface area contributed by atoms with Crippen molar-refractivity contribution in [1.82, 2.24) is 18.3 Å². The number of halogens is 1. The fraction of sp³-hybridized carbons (Fsp3) is 0.0588. The molecule has 0 saturated carbocycles. The lowest BCUT2D eigenvalue weighted by Gasteiger charge is -2.32. The van der Waals surface area contributed by atoms with Gasteiger partial charge in [-0.1, -0.05) is 253 Å². The van der Waals surface area contributed by atoms with Gasteiger partial charge in [-0.15, -0.1) is 0 Å². The maximum atomic E-state index is 10.2. The number of rotatable bonds is 8. The highest BCUT2D eigenvalue weighted by atomic mass is 79.9. The van der Waals surface area contributed by atoms with Crippen LogP contribution in [0.5, 0.6) is 0 Å². The van der Waals surface area contributed by atoms with Crippen LogP contribution in [-0.4, -0.2) is 36.6 Å². The van der Waals surface area contributed by atoms with E-state index >= 15 is 0 Å². The van der Waals surface area contributed by atoms with Gasteiger partial charge in [-0.2, -0.15) is 10.5 Å². The van der Waals surface area contributed by atoms with E-state index in [4.69, 9.17) is 22.5 Å². The third-order valence-electron chi connectivity index (χ3n) is 22.9. The summed E-state index contributed by atoms with van der Waals surface area (Å²) in [5, 5.41) is 34.2. The molecule has 0 unspecified atom stereocenters. The second kappa shape index (κ2) is 28.2. The van der Waals surface area contributed by atoms with Crippen molar-refractivity contribution < 1.29 is 9.31 Å². The summed E-state index contributed by atoms with van der Waals surface area (Å²) in [7, 11) is -0.388. The Bertz CT molecular complexity index is 7110. The Morgan fingerprint density at radius 1 is 0.298 bits per heavy atom. The first-order chi connectivity index (χ1) is 55.7. The number of nitriles is 2.